The van der Waals surface area contributed by atoms with Gasteiger partial charge in [-0.3, -0.25) is 24.0 Å². The fourth-order valence-corrected chi connectivity index (χ4v) is 5.29. The zero-order valence-corrected chi connectivity index (χ0v) is 34.0. The van der Waals surface area contributed by atoms with Crippen molar-refractivity contribution in [2.45, 2.75) is 164 Å². The molecule has 10 nitrogen and oxygen atoms in total. The van der Waals surface area contributed by atoms with Crippen molar-refractivity contribution in [2.24, 2.45) is 0 Å². The number of hydrogen-bond donors (Lipinski definition) is 0. The molecule has 10 radical (unpaired) electrons. The molecule has 2 aliphatic carbocycles. The van der Waals surface area contributed by atoms with Gasteiger partial charge in [0, 0.05) is 0 Å². The molecule has 0 saturated heterocycles. The van der Waals surface area contributed by atoms with Crippen LogP contribution in [-0.4, -0.2) is 60.4 Å². The Labute approximate surface area is 321 Å². The summed E-state index contributed by atoms with van der Waals surface area (Å²) >= 11 is 0. The molecule has 0 aliphatic heterocycles. The van der Waals surface area contributed by atoms with Crippen LogP contribution in [0.5, 0.6) is 0 Å². The Morgan fingerprint density at radius 2 is 0.451 bits per heavy atom. The summed E-state index contributed by atoms with van der Waals surface area (Å²) in [4.78, 5) is 70.1. The third-order valence-electron chi connectivity index (χ3n) is 8.75. The molecule has 0 heterocycles. The van der Waals surface area contributed by atoms with Crippen LogP contribution in [-0.2, 0) is 67.1 Å². The molecule has 0 aromatic carbocycles. The number of carbonyl (C=O) groups excluding carboxylic acids is 5. The van der Waals surface area contributed by atoms with Gasteiger partial charge in [0.15, 0.2) is 0 Å². The maximum Gasteiger partial charge on any atom is 2.00 e. The van der Waals surface area contributed by atoms with E-state index in [4.69, 9.17) is 23.7 Å². The molecule has 0 spiro atoms. The second kappa shape index (κ2) is 26.7. The zero-order valence-electron chi connectivity index (χ0n) is 32.3. The molecular weight excluding hydrogens is 742 g/mol. The molecule has 0 aromatic rings. The van der Waals surface area contributed by atoms with Crippen LogP contribution in [0.15, 0.2) is 0 Å². The quantitative estimate of drug-likeness (QED) is 0.0691. The molecule has 2 fully saturated rings. The molecule has 11 heteroatoms. The molecule has 0 bridgehead atoms. The first kappa shape index (κ1) is 49.0. The minimum Gasteiger partial charge on any atom is -0.462 e. The Hall–Kier alpha value is -2.03. The first-order chi connectivity index (χ1) is 24.0. The maximum atomic E-state index is 14.0. The van der Waals surface area contributed by atoms with E-state index in [0.29, 0.717) is 64.2 Å². The average Bonchev–Trinajstić information content (AvgIpc) is 3.84. The number of hydrogen-bond acceptors (Lipinski definition) is 10. The number of carbonyl (C=O) groups is 5. The van der Waals surface area contributed by atoms with Crippen molar-refractivity contribution >= 4 is 29.8 Å². The van der Waals surface area contributed by atoms with Crippen LogP contribution < -0.4 is 0 Å². The van der Waals surface area contributed by atoms with Gasteiger partial charge in [-0.25, -0.2) is 0 Å². The van der Waals surface area contributed by atoms with Gasteiger partial charge in [-0.05, 0) is 96.3 Å². The molecular formula is C40H60O10Ru+2. The van der Waals surface area contributed by atoms with Crippen LogP contribution in [0.4, 0.5) is 0 Å². The molecule has 51 heavy (non-hydrogen) atoms. The Morgan fingerprint density at radius 3 is 0.549 bits per heavy atom. The summed E-state index contributed by atoms with van der Waals surface area (Å²) in [5.41, 5.74) is 0. The number of ether oxygens (including phenoxy) is 5. The Kier molecular flexibility index (Phi) is 25.6. The fourth-order valence-electron chi connectivity index (χ4n) is 5.29. The minimum atomic E-state index is -1.05. The monoisotopic (exact) mass is 802 g/mol. The summed E-state index contributed by atoms with van der Waals surface area (Å²) in [5, 5.41) is 0. The van der Waals surface area contributed by atoms with Gasteiger partial charge in [0.05, 0.1) is 0 Å². The maximum absolute atomic E-state index is 14.0. The van der Waals surface area contributed by atoms with Crippen LogP contribution in [0.1, 0.15) is 133 Å². The predicted molar refractivity (Wildman–Crippen MR) is 190 cm³/mol. The molecule has 2 saturated carbocycles. The molecule has 286 valence electrons. The SMILES string of the molecule is CCC(CC)OC(=O)[C]1[C](C(=O)OC(CC)CC)[C](C(=O)OC(CC)CC)[C](C(=O)OC(CC)CC)[C]1C(=O)OC(CC)CC.[CH]1[CH][CH][CH][CH]1.[Ru+2]. The van der Waals surface area contributed by atoms with Gasteiger partial charge in [0.1, 0.15) is 60.1 Å². The van der Waals surface area contributed by atoms with Gasteiger partial charge in [-0.2, -0.15) is 0 Å². The predicted octanol–water partition coefficient (Wildman–Crippen LogP) is 7.55. The van der Waals surface area contributed by atoms with Crippen LogP contribution in [0.3, 0.4) is 0 Å². The van der Waals surface area contributed by atoms with Gasteiger partial charge in [0.2, 0.25) is 0 Å². The van der Waals surface area contributed by atoms with E-state index in [1.54, 1.807) is 0 Å². The van der Waals surface area contributed by atoms with Gasteiger partial charge in [-0.1, -0.05) is 69.2 Å². The summed E-state index contributed by atoms with van der Waals surface area (Å²) < 4.78 is 28.7. The molecule has 2 rings (SSSR count). The van der Waals surface area contributed by atoms with Crippen molar-refractivity contribution in [1.29, 1.82) is 0 Å². The normalized spacial score (nSPS) is 16.0. The van der Waals surface area contributed by atoms with Gasteiger partial charge < -0.3 is 23.7 Å². The van der Waals surface area contributed by atoms with Crippen LogP contribution in [0.25, 0.3) is 0 Å². The summed E-state index contributed by atoms with van der Waals surface area (Å²) in [7, 11) is 0. The largest absolute Gasteiger partial charge is 2.00 e. The molecule has 0 N–H and O–H groups in total. The summed E-state index contributed by atoms with van der Waals surface area (Å²) in [5.74, 6) is -8.00. The van der Waals surface area contributed by atoms with E-state index in [1.807, 2.05) is 101 Å². The van der Waals surface area contributed by atoms with E-state index in [-0.39, 0.29) is 19.5 Å². The van der Waals surface area contributed by atoms with Crippen molar-refractivity contribution in [1.82, 2.24) is 0 Å². The Balaban J connectivity index is 0.00000380. The standard InChI is InChI=1S/C35H55O10.C5H5.Ru/c1-11-21(12-2)41-31(36)26-27(32(37)42-22(13-3)14-4)29(34(39)44-24(17-7)18-8)30(35(40)45-25(19-9)20-10)28(26)33(38)43-23(15-5)16-6;1-2-4-5-3-1;/h21-25H,11-20H2,1-10H3;1-5H;/q;;+2. The fraction of sp³-hybridized carbons (Fsp3) is 0.625. The Morgan fingerprint density at radius 1 is 0.333 bits per heavy atom. The molecule has 0 amide bonds. The second-order valence-corrected chi connectivity index (χ2v) is 12.1. The van der Waals surface area contributed by atoms with E-state index in [1.165, 1.54) is 0 Å². The summed E-state index contributed by atoms with van der Waals surface area (Å²) in [6.45, 7) is 18.3. The second-order valence-electron chi connectivity index (χ2n) is 12.1. The van der Waals surface area contributed by atoms with Gasteiger partial charge in [-0.15, -0.1) is 0 Å². The van der Waals surface area contributed by atoms with Crippen molar-refractivity contribution < 1.29 is 67.1 Å². The van der Waals surface area contributed by atoms with Crippen LogP contribution in [0.2, 0.25) is 0 Å². The van der Waals surface area contributed by atoms with E-state index < -0.39 is 90.0 Å². The number of esters is 5. The molecule has 0 unspecified atom stereocenters. The van der Waals surface area contributed by atoms with Gasteiger partial charge in [0.25, 0.3) is 0 Å². The van der Waals surface area contributed by atoms with Crippen molar-refractivity contribution in [3.63, 3.8) is 0 Å². The molecule has 0 atom stereocenters. The van der Waals surface area contributed by atoms with Crippen molar-refractivity contribution in [3.8, 4) is 0 Å². The zero-order chi connectivity index (χ0) is 37.8. The first-order valence-corrected chi connectivity index (χ1v) is 18.5. The van der Waals surface area contributed by atoms with Crippen molar-refractivity contribution in [2.75, 3.05) is 0 Å². The smallest absolute Gasteiger partial charge is 0.462 e. The summed E-state index contributed by atoms with van der Waals surface area (Å²) in [6, 6.07) is 0. The van der Waals surface area contributed by atoms with Crippen LogP contribution in [0, 0.1) is 61.7 Å². The topological polar surface area (TPSA) is 132 Å². The van der Waals surface area contributed by atoms with E-state index in [2.05, 4.69) is 0 Å². The first-order valence-electron chi connectivity index (χ1n) is 18.5. The summed E-state index contributed by atoms with van der Waals surface area (Å²) in [6.07, 6.45) is 11.8. The Bertz CT molecular complexity index is 819. The van der Waals surface area contributed by atoms with E-state index >= 15 is 0 Å². The van der Waals surface area contributed by atoms with E-state index in [0.717, 1.165) is 0 Å². The third kappa shape index (κ3) is 14.7. The van der Waals surface area contributed by atoms with Crippen LogP contribution >= 0.6 is 0 Å². The third-order valence-corrected chi connectivity index (χ3v) is 8.75. The minimum absolute atomic E-state index is 0. The number of rotatable bonds is 20. The molecule has 2 aliphatic rings. The average molecular weight is 802 g/mol. The van der Waals surface area contributed by atoms with Gasteiger partial charge >= 0.3 is 49.3 Å². The van der Waals surface area contributed by atoms with Crippen molar-refractivity contribution in [3.05, 3.63) is 61.7 Å². The molecule has 0 aromatic heterocycles. The van der Waals surface area contributed by atoms with E-state index in [9.17, 15) is 24.0 Å².